The van der Waals surface area contributed by atoms with Gasteiger partial charge in [0.1, 0.15) is 17.2 Å². The first-order valence-electron chi connectivity index (χ1n) is 8.84. The summed E-state index contributed by atoms with van der Waals surface area (Å²) in [7, 11) is -4.08. The zero-order valence-corrected chi connectivity index (χ0v) is 17.5. The molecule has 0 radical (unpaired) electrons. The summed E-state index contributed by atoms with van der Waals surface area (Å²) in [6.45, 7) is 1.47. The molecule has 0 saturated carbocycles. The Hall–Kier alpha value is -3.11. The Bertz CT molecular complexity index is 1450. The lowest BCUT2D eigenvalue weighted by Gasteiger charge is -2.12. The van der Waals surface area contributed by atoms with E-state index in [0.717, 1.165) is 18.2 Å². The molecule has 0 aliphatic carbocycles. The normalized spacial score (nSPS) is 11.9. The summed E-state index contributed by atoms with van der Waals surface area (Å²) in [6, 6.07) is 5.63. The van der Waals surface area contributed by atoms with Crippen LogP contribution in [0.1, 0.15) is 11.3 Å². The maximum absolute atomic E-state index is 15.3. The van der Waals surface area contributed by atoms with Gasteiger partial charge in [-0.15, -0.1) is 0 Å². The summed E-state index contributed by atoms with van der Waals surface area (Å²) in [4.78, 5) is 3.72. The molecule has 0 aliphatic heterocycles. The third-order valence-corrected chi connectivity index (χ3v) is 6.82. The average molecular weight is 467 g/mol. The SMILES string of the molecule is Cc1ncc(Cl)cc1S(=O)(=O)Cc1ccc(F)c(-c2ccc3c(N)n[nH]c3c2F)c1F. The van der Waals surface area contributed by atoms with Gasteiger partial charge in [-0.1, -0.05) is 23.7 Å². The molecule has 2 heterocycles. The van der Waals surface area contributed by atoms with Crippen LogP contribution in [0.3, 0.4) is 0 Å². The number of nitrogens with one attached hydrogen (secondary N) is 1. The lowest BCUT2D eigenvalue weighted by molar-refractivity contribution is 0.570. The van der Waals surface area contributed by atoms with E-state index in [2.05, 4.69) is 15.2 Å². The summed E-state index contributed by atoms with van der Waals surface area (Å²) >= 11 is 5.84. The zero-order valence-electron chi connectivity index (χ0n) is 15.9. The molecule has 0 fully saturated rings. The fourth-order valence-electron chi connectivity index (χ4n) is 3.31. The van der Waals surface area contributed by atoms with Crippen LogP contribution in [0, 0.1) is 24.4 Å². The molecule has 4 aromatic rings. The van der Waals surface area contributed by atoms with Gasteiger partial charge < -0.3 is 5.73 Å². The molecular formula is C20H14ClF3N4O2S. The second kappa shape index (κ2) is 7.54. The molecule has 0 bridgehead atoms. The molecule has 0 amide bonds. The minimum absolute atomic E-state index is 0.0340. The first-order valence-corrected chi connectivity index (χ1v) is 10.9. The van der Waals surface area contributed by atoms with Crippen LogP contribution in [-0.4, -0.2) is 23.6 Å². The highest BCUT2D eigenvalue weighted by Gasteiger charge is 2.25. The van der Waals surface area contributed by atoms with Crippen molar-refractivity contribution in [2.75, 3.05) is 5.73 Å². The van der Waals surface area contributed by atoms with Crippen LogP contribution in [-0.2, 0) is 15.6 Å². The lowest BCUT2D eigenvalue weighted by Crippen LogP contribution is -2.10. The Kier molecular flexibility index (Phi) is 5.14. The fraction of sp³-hybridized carbons (Fsp3) is 0.100. The van der Waals surface area contributed by atoms with Crippen molar-refractivity contribution in [3.05, 3.63) is 70.3 Å². The Morgan fingerprint density at radius 2 is 1.87 bits per heavy atom. The number of hydrogen-bond donors (Lipinski definition) is 2. The molecule has 3 N–H and O–H groups in total. The molecule has 11 heteroatoms. The standard InChI is InChI=1S/C20H14ClF3N4O2S/c1-9-15(6-11(21)7-26-9)31(29,30)8-10-2-5-14(22)16(17(10)23)12-3-4-13-19(18(12)24)27-28-20(13)25/h2-7H,8H2,1H3,(H3,25,27,28). The van der Waals surface area contributed by atoms with E-state index in [4.69, 9.17) is 17.3 Å². The lowest BCUT2D eigenvalue weighted by atomic mass is 10.00. The third-order valence-electron chi connectivity index (χ3n) is 4.83. The molecule has 0 spiro atoms. The van der Waals surface area contributed by atoms with Crippen LogP contribution in [0.2, 0.25) is 5.02 Å². The largest absolute Gasteiger partial charge is 0.382 e. The summed E-state index contributed by atoms with van der Waals surface area (Å²) < 4.78 is 70.5. The van der Waals surface area contributed by atoms with E-state index in [-0.39, 0.29) is 37.9 Å². The second-order valence-electron chi connectivity index (χ2n) is 6.85. The predicted octanol–water partition coefficient (Wildman–Crippen LogP) is 4.56. The number of aryl methyl sites for hydroxylation is 1. The minimum Gasteiger partial charge on any atom is -0.382 e. The highest BCUT2D eigenvalue weighted by atomic mass is 35.5. The van der Waals surface area contributed by atoms with Crippen molar-refractivity contribution in [2.45, 2.75) is 17.6 Å². The van der Waals surface area contributed by atoms with Crippen LogP contribution in [0.15, 0.2) is 41.4 Å². The van der Waals surface area contributed by atoms with E-state index < -0.39 is 44.2 Å². The van der Waals surface area contributed by atoms with Gasteiger partial charge in [0.15, 0.2) is 21.5 Å². The number of pyridine rings is 1. The van der Waals surface area contributed by atoms with Crippen molar-refractivity contribution in [3.8, 4) is 11.1 Å². The average Bonchev–Trinajstić information content (AvgIpc) is 3.09. The van der Waals surface area contributed by atoms with Crippen molar-refractivity contribution >= 4 is 38.2 Å². The quantitative estimate of drug-likeness (QED) is 0.459. The van der Waals surface area contributed by atoms with Crippen LogP contribution in [0.5, 0.6) is 0 Å². The first-order chi connectivity index (χ1) is 14.6. The number of H-pyrrole nitrogens is 1. The number of anilines is 1. The number of aromatic amines is 1. The number of sulfone groups is 1. The molecule has 0 unspecified atom stereocenters. The van der Waals surface area contributed by atoms with E-state index in [1.165, 1.54) is 25.3 Å². The molecular weight excluding hydrogens is 453 g/mol. The molecule has 0 saturated heterocycles. The van der Waals surface area contributed by atoms with E-state index in [9.17, 15) is 17.2 Å². The molecule has 0 atom stereocenters. The van der Waals surface area contributed by atoms with Crippen LogP contribution >= 0.6 is 11.6 Å². The third kappa shape index (κ3) is 3.61. The minimum atomic E-state index is -4.08. The highest BCUT2D eigenvalue weighted by molar-refractivity contribution is 7.90. The number of nitrogens with two attached hydrogens (primary N) is 1. The maximum Gasteiger partial charge on any atom is 0.184 e. The number of nitrogen functional groups attached to an aromatic ring is 1. The molecule has 160 valence electrons. The van der Waals surface area contributed by atoms with Crippen LogP contribution in [0.4, 0.5) is 19.0 Å². The summed E-state index contributed by atoms with van der Waals surface area (Å²) in [5.74, 6) is -3.97. The van der Waals surface area contributed by atoms with Gasteiger partial charge in [-0.3, -0.25) is 10.1 Å². The number of rotatable bonds is 4. The number of hydrogen-bond acceptors (Lipinski definition) is 5. The molecule has 31 heavy (non-hydrogen) atoms. The maximum atomic E-state index is 15.3. The Morgan fingerprint density at radius 3 is 2.61 bits per heavy atom. The van der Waals surface area contributed by atoms with Gasteiger partial charge >= 0.3 is 0 Å². The second-order valence-corrected chi connectivity index (χ2v) is 9.24. The molecule has 2 aromatic carbocycles. The first kappa shape index (κ1) is 21.1. The number of halogens is 4. The zero-order chi connectivity index (χ0) is 22.5. The van der Waals surface area contributed by atoms with Gasteiger partial charge in [0.05, 0.1) is 26.9 Å². The van der Waals surface area contributed by atoms with Gasteiger partial charge in [-0.05, 0) is 25.1 Å². The van der Waals surface area contributed by atoms with Gasteiger partial charge in [0.25, 0.3) is 0 Å². The molecule has 6 nitrogen and oxygen atoms in total. The summed E-state index contributed by atoms with van der Waals surface area (Å²) in [6.07, 6.45) is 1.29. The summed E-state index contributed by atoms with van der Waals surface area (Å²) in [5.41, 5.74) is 4.27. The molecule has 0 aliphatic rings. The van der Waals surface area contributed by atoms with E-state index in [1.807, 2.05) is 0 Å². The van der Waals surface area contributed by atoms with Gasteiger partial charge in [0, 0.05) is 22.7 Å². The van der Waals surface area contributed by atoms with Crippen molar-refractivity contribution in [2.24, 2.45) is 0 Å². The van der Waals surface area contributed by atoms with Crippen LogP contribution < -0.4 is 5.73 Å². The van der Waals surface area contributed by atoms with Gasteiger partial charge in [0.2, 0.25) is 0 Å². The fourth-order valence-corrected chi connectivity index (χ4v) is 5.13. The van der Waals surface area contributed by atoms with Crippen LogP contribution in [0.25, 0.3) is 22.0 Å². The Balaban J connectivity index is 1.84. The summed E-state index contributed by atoms with van der Waals surface area (Å²) in [5, 5.41) is 6.41. The Labute approximate surface area is 179 Å². The van der Waals surface area contributed by atoms with E-state index in [0.29, 0.717) is 0 Å². The van der Waals surface area contributed by atoms with E-state index >= 15 is 4.39 Å². The number of fused-ring (bicyclic) bond motifs is 1. The topological polar surface area (TPSA) is 102 Å². The number of benzene rings is 2. The number of nitrogens with zero attached hydrogens (tertiary/aromatic N) is 2. The van der Waals surface area contributed by atoms with Crippen molar-refractivity contribution in [1.29, 1.82) is 0 Å². The van der Waals surface area contributed by atoms with Gasteiger partial charge in [-0.25, -0.2) is 21.6 Å². The molecule has 4 rings (SSSR count). The van der Waals surface area contributed by atoms with Gasteiger partial charge in [-0.2, -0.15) is 5.10 Å². The van der Waals surface area contributed by atoms with E-state index in [1.54, 1.807) is 0 Å². The predicted molar refractivity (Wildman–Crippen MR) is 111 cm³/mol. The number of aromatic nitrogens is 3. The highest BCUT2D eigenvalue weighted by Crippen LogP contribution is 2.35. The Morgan fingerprint density at radius 1 is 1.13 bits per heavy atom. The van der Waals surface area contributed by atoms with Crippen molar-refractivity contribution < 1.29 is 21.6 Å². The monoisotopic (exact) mass is 466 g/mol. The van der Waals surface area contributed by atoms with Crippen molar-refractivity contribution in [1.82, 2.24) is 15.2 Å². The smallest absolute Gasteiger partial charge is 0.184 e. The molecule has 2 aromatic heterocycles. The van der Waals surface area contributed by atoms with Crippen molar-refractivity contribution in [3.63, 3.8) is 0 Å².